The molecule has 23 atom stereocenters. The highest BCUT2D eigenvalue weighted by atomic mass is 35.5. The molecule has 8 aliphatic heterocycles. The van der Waals surface area contributed by atoms with Gasteiger partial charge in [-0.1, -0.05) is 73.4 Å². The number of amides is 8. The largest absolute Gasteiger partial charge is 0.573 e. The number of fused-ring (bicyclic) bond motifs is 15. The molecule has 0 aromatic heterocycles. The topological polar surface area (TPSA) is 683 Å². The molecule has 8 aliphatic rings. The number of ether oxygens (including phenoxy) is 9. The number of hydrogen-bond donors (Lipinski definition) is 25. The first kappa shape index (κ1) is 106. The molecule has 3 unspecified atom stereocenters. The van der Waals surface area contributed by atoms with Gasteiger partial charge in [0, 0.05) is 72.6 Å². The van der Waals surface area contributed by atoms with Crippen molar-refractivity contribution in [3.63, 3.8) is 0 Å². The molecule has 0 saturated carbocycles. The first-order valence-corrected chi connectivity index (χ1v) is 45.1. The zero-order valence-corrected chi connectivity index (χ0v) is 77.2. The highest BCUT2D eigenvalue weighted by Crippen LogP contribution is 2.52. The number of likely N-dealkylation sites (N-methyl/N-ethyl adjacent to an activating group) is 1. The lowest BCUT2D eigenvalue weighted by Crippen LogP contribution is -2.65. The Morgan fingerprint density at radius 3 is 1.93 bits per heavy atom. The molecule has 7 aromatic rings. The third kappa shape index (κ3) is 24.7. The molecule has 3 saturated heterocycles. The van der Waals surface area contributed by atoms with Crippen molar-refractivity contribution in [1.82, 2.24) is 47.4 Å². The molecular weight excluding hydrogens is 1910 g/mol. The van der Waals surface area contributed by atoms with Gasteiger partial charge in [0.2, 0.25) is 53.4 Å². The average Bonchev–Trinajstić information content (AvgIpc) is 0.753. The standard InChI is InChI=1S/C92H107Cl2F3N12O32/c1-37(2)22-52(100-5)82(125)107-68-70(116)41-13-16-56(50(93)26-41)134-58-28-44-29-59(78(58)139-90-76(122)74(120)79(61(36-112)137-90)140-89-75(121)73(119)72(118)60(136-89)34-101-33-39-8-6-10-45(23-39)102-81(124)43-9-7-11-46(24-43)141-92(95,96)97)135-57-17-14-42(27-51(57)94)77(138-63-32-91(4,99)80(123)38(3)133-63)69-87(130)106-67(88(131)132)48-30-55(114)49(35-109(18-20-110)19-21-111)71(117)64(48)47-25-40(12-15-54(47)113)65(84(127)108-69)105-85(128)66(44)104-83(126)53(31-62(98)115)103-86(68)129/h6-17,23-30,37-38,52-53,60-61,63,65-70,72-77,79-80,89-90,100-101,110-114,116-123H,18-22,31-36,99H2,1-5H3,(H2,98,115)(H,102,124)(H,103,129)(H,104,126)(H,105,128)(H,106,130)(H,107,125)(H,108,127)(H,131,132)/t38-,52+,53?,60+,61+,63-,65+,66+,67?,68?,69-,70+,72-,73-,74+,75+,76+,77+,79+,80-,89-,90-,91-/m0/s1. The van der Waals surface area contributed by atoms with Crippen molar-refractivity contribution in [3.05, 3.63) is 176 Å². The summed E-state index contributed by atoms with van der Waals surface area (Å²) >= 11 is 14.6. The number of alkyl halides is 3. The molecule has 0 radical (unpaired) electrons. The smallest absolute Gasteiger partial charge is 0.507 e. The number of nitrogens with two attached hydrogens (primary N) is 2. The number of aliphatic hydroxyl groups excluding tert-OH is 10. The summed E-state index contributed by atoms with van der Waals surface area (Å²) in [6.45, 7) is 2.79. The van der Waals surface area contributed by atoms with E-state index in [1.54, 1.807) is 19.9 Å². The van der Waals surface area contributed by atoms with Crippen LogP contribution in [-0.4, -0.2) is 292 Å². The third-order valence-corrected chi connectivity index (χ3v) is 25.0. The zero-order valence-electron chi connectivity index (χ0n) is 75.7. The fourth-order valence-corrected chi connectivity index (χ4v) is 17.6. The summed E-state index contributed by atoms with van der Waals surface area (Å²) in [6.07, 6.45) is -35.8. The number of carbonyl (C=O) groups is 9. The second-order valence-electron chi connectivity index (χ2n) is 35.2. The molecule has 49 heteroatoms. The van der Waals surface area contributed by atoms with E-state index in [4.69, 9.17) is 72.6 Å². The second kappa shape index (κ2) is 45.1. The van der Waals surface area contributed by atoms with Crippen LogP contribution in [0.3, 0.4) is 0 Å². The van der Waals surface area contributed by atoms with Crippen molar-refractivity contribution in [3.8, 4) is 62.9 Å². The monoisotopic (exact) mass is 2020 g/mol. The summed E-state index contributed by atoms with van der Waals surface area (Å²) < 4.78 is 94.3. The van der Waals surface area contributed by atoms with Gasteiger partial charge in [0.05, 0.1) is 60.1 Å². The van der Waals surface area contributed by atoms with Gasteiger partial charge in [0.15, 0.2) is 30.1 Å². The van der Waals surface area contributed by atoms with Crippen LogP contribution in [0, 0.1) is 5.92 Å². The number of benzene rings is 7. The van der Waals surface area contributed by atoms with Crippen molar-refractivity contribution in [2.75, 3.05) is 51.8 Å². The summed E-state index contributed by atoms with van der Waals surface area (Å²) in [6, 6.07) is 7.57. The first-order valence-electron chi connectivity index (χ1n) is 44.3. The van der Waals surface area contributed by atoms with Crippen molar-refractivity contribution in [2.24, 2.45) is 17.4 Å². The van der Waals surface area contributed by atoms with Crippen LogP contribution < -0.4 is 78.3 Å². The minimum Gasteiger partial charge on any atom is -0.507 e. The molecule has 3 fully saturated rings. The van der Waals surface area contributed by atoms with Crippen LogP contribution in [0.25, 0.3) is 11.1 Å². The molecule has 8 heterocycles. The molecule has 27 N–H and O–H groups in total. The summed E-state index contributed by atoms with van der Waals surface area (Å²) in [4.78, 5) is 136. The molecule has 44 nitrogen and oxygen atoms in total. The number of carboxylic acids is 1. The Morgan fingerprint density at radius 2 is 1.30 bits per heavy atom. The number of phenols is 3. The van der Waals surface area contributed by atoms with E-state index in [-0.39, 0.29) is 60.9 Å². The van der Waals surface area contributed by atoms with E-state index in [1.807, 2.05) is 0 Å². The number of anilines is 1. The second-order valence-corrected chi connectivity index (χ2v) is 36.0. The van der Waals surface area contributed by atoms with Crippen molar-refractivity contribution >= 4 is 82.1 Å². The number of nitrogens with zero attached hydrogens (tertiary/aromatic N) is 1. The van der Waals surface area contributed by atoms with Gasteiger partial charge in [-0.05, 0) is 146 Å². The fourth-order valence-electron chi connectivity index (χ4n) is 17.2. The molecular formula is C92H107Cl2F3N12O32. The third-order valence-electron chi connectivity index (χ3n) is 24.4. The molecule has 11 bridgehead atoms. The van der Waals surface area contributed by atoms with Crippen molar-refractivity contribution in [2.45, 2.75) is 206 Å². The number of aliphatic hydroxyl groups is 10. The lowest BCUT2D eigenvalue weighted by atomic mass is 9.86. The van der Waals surface area contributed by atoms with Gasteiger partial charge in [-0.2, -0.15) is 0 Å². The number of carbonyl (C=O) groups excluding carboxylic acids is 8. The minimum absolute atomic E-state index is 0.0660. The van der Waals surface area contributed by atoms with Gasteiger partial charge in [0.25, 0.3) is 5.91 Å². The minimum atomic E-state index is -5.04. The maximum atomic E-state index is 16.7. The van der Waals surface area contributed by atoms with Gasteiger partial charge >= 0.3 is 12.3 Å². The number of aliphatic carboxylic acids is 1. The number of hydrogen-bond acceptors (Lipinski definition) is 35. The first-order chi connectivity index (χ1) is 66.7. The van der Waals surface area contributed by atoms with E-state index >= 15 is 24.0 Å². The lowest BCUT2D eigenvalue weighted by Gasteiger charge is -2.46. The van der Waals surface area contributed by atoms with Crippen molar-refractivity contribution < 1.29 is 170 Å². The van der Waals surface area contributed by atoms with E-state index < -0.39 is 334 Å². The van der Waals surface area contributed by atoms with Crippen LogP contribution in [0.2, 0.25) is 10.0 Å². The number of nitrogens with one attached hydrogen (secondary N) is 9. The summed E-state index contributed by atoms with van der Waals surface area (Å²) in [5.41, 5.74) is 7.48. The Balaban J connectivity index is 0.949. The fraction of sp³-hybridized carbons (Fsp3) is 0.446. The quantitative estimate of drug-likeness (QED) is 0.0320. The summed E-state index contributed by atoms with van der Waals surface area (Å²) in [5, 5.41) is 185. The maximum absolute atomic E-state index is 16.7. The number of primary amides is 1. The van der Waals surface area contributed by atoms with E-state index in [2.05, 4.69) is 52.6 Å². The van der Waals surface area contributed by atoms with Crippen LogP contribution in [0.1, 0.15) is 127 Å². The van der Waals surface area contributed by atoms with Crippen LogP contribution in [0.15, 0.2) is 121 Å². The highest BCUT2D eigenvalue weighted by molar-refractivity contribution is 6.32. The predicted octanol–water partition coefficient (Wildman–Crippen LogP) is 0.665. The summed E-state index contributed by atoms with van der Waals surface area (Å²) in [5.74, 6) is -19.2. The SMILES string of the molecule is CN[C@H](CC(C)C)C(=O)NC1C(=O)NC(CC(N)=O)C(=O)N[C@H]2C(=O)N[C@H]3C(=O)N[C@H](C(=O)NC(C(=O)O)c4cc(O)c(CN(CCO)CCO)c(O)c4-c4cc3ccc4O)[C@H](O[C@H]3C[C@](C)(N)[C@@H](O)[C@H](C)O3)c3ccc(c(Cl)c3)Oc3cc2cc(c3O[C@@H]2O[C@H](CO)[C@@H](O[C@@H]3O[C@H](CNCc4cccc(NC(=O)c5cccc(OC(F)(F)F)c5)c4)[C@H](O)[C@H](O)[C@H]3O)[C@H](O)[C@H]2O)Oc2ccc(cc2Cl)[C@H]1O. The van der Waals surface area contributed by atoms with Crippen LogP contribution in [0.4, 0.5) is 18.9 Å². The molecule has 8 amide bonds. The van der Waals surface area contributed by atoms with E-state index in [1.165, 1.54) is 62.2 Å². The maximum Gasteiger partial charge on any atom is 0.573 e. The Bertz CT molecular complexity index is 5790. The Kier molecular flexibility index (Phi) is 34.0. The number of aromatic hydroxyl groups is 3. The Labute approximate surface area is 810 Å². The normalized spacial score (nSPS) is 27.8. The van der Waals surface area contributed by atoms with Crippen LogP contribution in [0.5, 0.6) is 51.7 Å². The van der Waals surface area contributed by atoms with Gasteiger partial charge < -0.3 is 173 Å². The molecule has 141 heavy (non-hydrogen) atoms. The average molecular weight is 2020 g/mol. The van der Waals surface area contributed by atoms with Gasteiger partial charge in [-0.3, -0.25) is 43.3 Å². The number of halogens is 5. The zero-order chi connectivity index (χ0) is 102. The number of carboxylic acid groups (broad SMARTS) is 1. The molecule has 0 spiro atoms. The van der Waals surface area contributed by atoms with E-state index in [0.717, 1.165) is 78.9 Å². The van der Waals surface area contributed by atoms with Gasteiger partial charge in [0.1, 0.15) is 126 Å². The number of rotatable bonds is 28. The molecule has 0 aliphatic carbocycles. The predicted molar refractivity (Wildman–Crippen MR) is 484 cm³/mol. The van der Waals surface area contributed by atoms with Crippen LogP contribution in [-0.2, 0) is 75.1 Å². The molecule has 762 valence electrons. The summed E-state index contributed by atoms with van der Waals surface area (Å²) in [7, 11) is 1.44. The molecule has 15 rings (SSSR count). The van der Waals surface area contributed by atoms with Crippen LogP contribution >= 0.6 is 23.2 Å². The van der Waals surface area contributed by atoms with E-state index in [0.29, 0.717) is 5.56 Å². The Morgan fingerprint density at radius 1 is 0.667 bits per heavy atom. The molecule has 7 aromatic carbocycles. The Hall–Kier alpha value is -12.0. The van der Waals surface area contributed by atoms with Crippen molar-refractivity contribution in [1.29, 1.82) is 0 Å². The highest BCUT2D eigenvalue weighted by Gasteiger charge is 2.54. The van der Waals surface area contributed by atoms with Gasteiger partial charge in [-0.15, -0.1) is 13.2 Å². The number of phenolic OH excluding ortho intramolecular Hbond substituents is 3. The van der Waals surface area contributed by atoms with Gasteiger partial charge in [-0.25, -0.2) is 4.79 Å². The lowest BCUT2D eigenvalue weighted by molar-refractivity contribution is -0.350. The van der Waals surface area contributed by atoms with E-state index in [9.17, 15) is 104 Å².